The topological polar surface area (TPSA) is 4.44 Å². The maximum absolute atomic E-state index is 3.61. The lowest BCUT2D eigenvalue weighted by atomic mass is 9.89. The minimum atomic E-state index is 0.767. The van der Waals surface area contributed by atoms with Crippen LogP contribution in [0.2, 0.25) is 0 Å². The van der Waals surface area contributed by atoms with Gasteiger partial charge < -0.3 is 4.90 Å². The Morgan fingerprint density at radius 1 is 1.00 bits per heavy atom. The van der Waals surface area contributed by atoms with Crippen LogP contribution in [0.1, 0.15) is 57.8 Å². The van der Waals surface area contributed by atoms with Gasteiger partial charge in [-0.2, -0.15) is 0 Å². The van der Waals surface area contributed by atoms with Gasteiger partial charge in [0.1, 0.15) is 6.54 Å². The molecular formula is C17H28N+. The van der Waals surface area contributed by atoms with Gasteiger partial charge in [-0.3, -0.25) is 0 Å². The van der Waals surface area contributed by atoms with E-state index in [0.29, 0.717) is 0 Å². The highest BCUT2D eigenvalue weighted by Gasteiger charge is 2.38. The van der Waals surface area contributed by atoms with Crippen LogP contribution in [-0.4, -0.2) is 19.6 Å². The number of hydrogen-bond donors (Lipinski definition) is 1. The zero-order valence-electron chi connectivity index (χ0n) is 11.9. The van der Waals surface area contributed by atoms with Gasteiger partial charge in [0.15, 0.2) is 0 Å². The van der Waals surface area contributed by atoms with Crippen LogP contribution >= 0.6 is 0 Å². The van der Waals surface area contributed by atoms with Gasteiger partial charge in [-0.05, 0) is 62.7 Å². The third-order valence-electron chi connectivity index (χ3n) is 5.69. The quantitative estimate of drug-likeness (QED) is 0.713. The SMILES string of the molecule is C[NH+](CC#C[C@@H]1C[C@H]2CC[C@@H]1C2)C1CCCCC1. The second-order valence-corrected chi connectivity index (χ2v) is 6.96. The first kappa shape index (κ1) is 12.5. The van der Waals surface area contributed by atoms with Crippen molar-refractivity contribution in [1.29, 1.82) is 0 Å². The van der Waals surface area contributed by atoms with Gasteiger partial charge >= 0.3 is 0 Å². The minimum absolute atomic E-state index is 0.767. The van der Waals surface area contributed by atoms with Crippen molar-refractivity contribution in [2.75, 3.05) is 13.6 Å². The van der Waals surface area contributed by atoms with Crippen molar-refractivity contribution in [1.82, 2.24) is 0 Å². The summed E-state index contributed by atoms with van der Waals surface area (Å²) >= 11 is 0. The van der Waals surface area contributed by atoms with Crippen LogP contribution < -0.4 is 4.90 Å². The molecule has 0 spiro atoms. The van der Waals surface area contributed by atoms with E-state index in [1.807, 2.05) is 0 Å². The van der Waals surface area contributed by atoms with Crippen LogP contribution in [0.25, 0.3) is 0 Å². The van der Waals surface area contributed by atoms with Crippen molar-refractivity contribution in [3.63, 3.8) is 0 Å². The Morgan fingerprint density at radius 3 is 2.50 bits per heavy atom. The smallest absolute Gasteiger partial charge is 0.139 e. The van der Waals surface area contributed by atoms with E-state index in [4.69, 9.17) is 0 Å². The number of rotatable bonds is 2. The van der Waals surface area contributed by atoms with Gasteiger partial charge in [-0.25, -0.2) is 0 Å². The van der Waals surface area contributed by atoms with Crippen LogP contribution in [0, 0.1) is 29.6 Å². The molecule has 0 saturated heterocycles. The van der Waals surface area contributed by atoms with Crippen molar-refractivity contribution in [3.8, 4) is 11.8 Å². The molecule has 3 aliphatic carbocycles. The summed E-state index contributed by atoms with van der Waals surface area (Å²) in [5, 5.41) is 0. The van der Waals surface area contributed by atoms with E-state index in [0.717, 1.165) is 30.3 Å². The molecule has 0 amide bonds. The van der Waals surface area contributed by atoms with Gasteiger partial charge in [0.05, 0.1) is 13.1 Å². The third-order valence-corrected chi connectivity index (χ3v) is 5.69. The second kappa shape index (κ2) is 5.66. The molecule has 100 valence electrons. The molecule has 4 atom stereocenters. The Hall–Kier alpha value is -0.480. The first-order valence-corrected chi connectivity index (χ1v) is 8.13. The van der Waals surface area contributed by atoms with Crippen molar-refractivity contribution >= 4 is 0 Å². The summed E-state index contributed by atoms with van der Waals surface area (Å²) < 4.78 is 0. The van der Waals surface area contributed by atoms with Crippen LogP contribution in [0.15, 0.2) is 0 Å². The fourth-order valence-electron chi connectivity index (χ4n) is 4.48. The van der Waals surface area contributed by atoms with E-state index in [-0.39, 0.29) is 0 Å². The average Bonchev–Trinajstić information content (AvgIpc) is 3.02. The second-order valence-electron chi connectivity index (χ2n) is 6.96. The Kier molecular flexibility index (Phi) is 3.94. The molecule has 2 bridgehead atoms. The lowest BCUT2D eigenvalue weighted by Gasteiger charge is -2.26. The molecule has 1 unspecified atom stereocenters. The van der Waals surface area contributed by atoms with E-state index in [1.165, 1.54) is 57.8 Å². The van der Waals surface area contributed by atoms with Gasteiger partial charge in [-0.1, -0.05) is 18.8 Å². The average molecular weight is 246 g/mol. The van der Waals surface area contributed by atoms with E-state index < -0.39 is 0 Å². The van der Waals surface area contributed by atoms with Crippen molar-refractivity contribution < 1.29 is 4.90 Å². The molecule has 3 fully saturated rings. The van der Waals surface area contributed by atoms with Gasteiger partial charge in [0.25, 0.3) is 0 Å². The molecule has 0 aromatic carbocycles. The Morgan fingerprint density at radius 2 is 1.83 bits per heavy atom. The van der Waals surface area contributed by atoms with Crippen LogP contribution in [0.4, 0.5) is 0 Å². The summed E-state index contributed by atoms with van der Waals surface area (Å²) in [6.07, 6.45) is 13.1. The lowest BCUT2D eigenvalue weighted by molar-refractivity contribution is -0.900. The predicted molar refractivity (Wildman–Crippen MR) is 75.3 cm³/mol. The number of fused-ring (bicyclic) bond motifs is 2. The summed E-state index contributed by atoms with van der Waals surface area (Å²) in [6, 6.07) is 0.896. The maximum atomic E-state index is 3.61. The zero-order valence-corrected chi connectivity index (χ0v) is 11.9. The maximum Gasteiger partial charge on any atom is 0.139 e. The Labute approximate surface area is 112 Å². The van der Waals surface area contributed by atoms with Gasteiger partial charge in [-0.15, -0.1) is 0 Å². The van der Waals surface area contributed by atoms with E-state index in [2.05, 4.69) is 18.9 Å². The highest BCUT2D eigenvalue weighted by molar-refractivity contribution is 5.10. The molecule has 3 aliphatic rings. The van der Waals surface area contributed by atoms with E-state index in [1.54, 1.807) is 4.90 Å². The van der Waals surface area contributed by atoms with E-state index >= 15 is 0 Å². The van der Waals surface area contributed by atoms with Crippen molar-refractivity contribution in [2.45, 2.75) is 63.8 Å². The fraction of sp³-hybridized carbons (Fsp3) is 0.882. The lowest BCUT2D eigenvalue weighted by Crippen LogP contribution is -3.13. The third kappa shape index (κ3) is 2.75. The molecule has 0 heterocycles. The van der Waals surface area contributed by atoms with Crippen LogP contribution in [0.5, 0.6) is 0 Å². The summed E-state index contributed by atoms with van der Waals surface area (Å²) in [4.78, 5) is 1.67. The molecular weight excluding hydrogens is 218 g/mol. The number of quaternary nitrogens is 1. The molecule has 1 N–H and O–H groups in total. The normalized spacial score (nSPS) is 37.3. The van der Waals surface area contributed by atoms with E-state index in [9.17, 15) is 0 Å². The monoisotopic (exact) mass is 246 g/mol. The number of hydrogen-bond acceptors (Lipinski definition) is 0. The van der Waals surface area contributed by atoms with Crippen molar-refractivity contribution in [2.24, 2.45) is 17.8 Å². The van der Waals surface area contributed by atoms with Crippen LogP contribution in [0.3, 0.4) is 0 Å². The zero-order chi connectivity index (χ0) is 12.4. The highest BCUT2D eigenvalue weighted by Crippen LogP contribution is 2.47. The Balaban J connectivity index is 1.46. The Bertz CT molecular complexity index is 331. The predicted octanol–water partition coefficient (Wildman–Crippen LogP) is 2.27. The molecule has 3 rings (SSSR count). The summed E-state index contributed by atoms with van der Waals surface area (Å²) in [5.41, 5.74) is 0. The first-order valence-electron chi connectivity index (χ1n) is 8.13. The standard InChI is InChI=1S/C17H27N/c1-18(17-7-3-2-4-8-17)11-5-6-15-12-14-9-10-16(15)13-14/h14-17H,2-4,7-13H2,1H3/p+1/t14-,15-,16-/m1/s1. The summed E-state index contributed by atoms with van der Waals surface area (Å²) in [5.74, 6) is 9.91. The highest BCUT2D eigenvalue weighted by atomic mass is 15.1. The fourth-order valence-corrected chi connectivity index (χ4v) is 4.48. The molecule has 1 heteroatoms. The van der Waals surface area contributed by atoms with Gasteiger partial charge in [0, 0.05) is 5.92 Å². The minimum Gasteiger partial charge on any atom is -0.325 e. The van der Waals surface area contributed by atoms with Crippen molar-refractivity contribution in [3.05, 3.63) is 0 Å². The molecule has 0 aromatic heterocycles. The summed E-state index contributed by atoms with van der Waals surface area (Å²) in [6.45, 7) is 1.08. The molecule has 0 aromatic rings. The number of nitrogens with one attached hydrogen (secondary N) is 1. The van der Waals surface area contributed by atoms with Gasteiger partial charge in [0.2, 0.25) is 0 Å². The molecule has 18 heavy (non-hydrogen) atoms. The largest absolute Gasteiger partial charge is 0.325 e. The molecule has 0 radical (unpaired) electrons. The molecule has 1 nitrogen and oxygen atoms in total. The summed E-state index contributed by atoms with van der Waals surface area (Å²) in [7, 11) is 2.35. The first-order chi connectivity index (χ1) is 8.83. The molecule has 0 aliphatic heterocycles. The van der Waals surface area contributed by atoms with Crippen LogP contribution in [-0.2, 0) is 0 Å². The molecule has 3 saturated carbocycles.